The number of thiazole rings is 1. The van der Waals surface area contributed by atoms with Gasteiger partial charge in [0, 0.05) is 6.42 Å². The molecule has 0 saturated carbocycles. The van der Waals surface area contributed by atoms with Crippen molar-refractivity contribution in [1.29, 1.82) is 0 Å². The summed E-state index contributed by atoms with van der Waals surface area (Å²) in [5.41, 5.74) is 3.25. The molecule has 0 spiro atoms. The molecule has 1 heterocycles. The van der Waals surface area contributed by atoms with Gasteiger partial charge in [0.1, 0.15) is 5.52 Å². The molecule has 0 bridgehead atoms. The Balaban J connectivity index is 2.48. The molecule has 1 aromatic heterocycles. The molecule has 0 fully saturated rings. The molecule has 0 radical (unpaired) electrons. The lowest BCUT2D eigenvalue weighted by atomic mass is 10.3. The van der Waals surface area contributed by atoms with Crippen LogP contribution in [0.25, 0.3) is 10.2 Å². The van der Waals surface area contributed by atoms with Gasteiger partial charge in [0.05, 0.1) is 20.9 Å². The van der Waals surface area contributed by atoms with Gasteiger partial charge in [-0.15, -0.1) is 11.3 Å². The van der Waals surface area contributed by atoms with E-state index in [9.17, 15) is 4.79 Å². The number of carbonyl (C=O) groups excluding carboxylic acids is 1. The Hall–Kier alpha value is -1.13. The molecular formula is C10H9ClN2OS. The number of fused-ring (bicyclic) bond motifs is 1. The Kier molecular flexibility index (Phi) is 2.88. The maximum atomic E-state index is 11.3. The Labute approximate surface area is 96.1 Å². The van der Waals surface area contributed by atoms with Crippen LogP contribution in [0.3, 0.4) is 0 Å². The topological polar surface area (TPSA) is 42.0 Å². The number of benzene rings is 1. The van der Waals surface area contributed by atoms with E-state index < -0.39 is 0 Å². The first kappa shape index (κ1) is 10.4. The third-order valence-electron chi connectivity index (χ3n) is 2.03. The molecule has 5 heteroatoms. The second-order valence-electron chi connectivity index (χ2n) is 3.03. The summed E-state index contributed by atoms with van der Waals surface area (Å²) in [6.45, 7) is 1.81. The summed E-state index contributed by atoms with van der Waals surface area (Å²) in [5.74, 6) is -0.00739. The fraction of sp³-hybridized carbons (Fsp3) is 0.200. The quantitative estimate of drug-likeness (QED) is 0.875. The average Bonchev–Trinajstić information content (AvgIpc) is 2.71. The fourth-order valence-electron chi connectivity index (χ4n) is 1.26. The molecule has 2 rings (SSSR count). The number of hydrogen-bond acceptors (Lipinski definition) is 3. The number of hydrogen-bond donors (Lipinski definition) is 1. The first-order chi connectivity index (χ1) is 7.22. The molecule has 0 unspecified atom stereocenters. The Morgan fingerprint density at radius 1 is 1.60 bits per heavy atom. The van der Waals surface area contributed by atoms with Crippen molar-refractivity contribution in [3.63, 3.8) is 0 Å². The summed E-state index contributed by atoms with van der Waals surface area (Å²) in [4.78, 5) is 15.4. The van der Waals surface area contributed by atoms with Crippen molar-refractivity contribution in [2.75, 3.05) is 5.32 Å². The van der Waals surface area contributed by atoms with Crippen LogP contribution in [0.2, 0.25) is 5.02 Å². The Bertz CT molecular complexity index is 509. The van der Waals surface area contributed by atoms with Crippen LogP contribution in [0.5, 0.6) is 0 Å². The van der Waals surface area contributed by atoms with Crippen LogP contribution in [-0.4, -0.2) is 10.9 Å². The van der Waals surface area contributed by atoms with Gasteiger partial charge in [-0.25, -0.2) is 4.98 Å². The first-order valence-corrected chi connectivity index (χ1v) is 5.79. The molecule has 15 heavy (non-hydrogen) atoms. The van der Waals surface area contributed by atoms with Gasteiger partial charge in [0.15, 0.2) is 0 Å². The lowest BCUT2D eigenvalue weighted by Gasteiger charge is -2.04. The van der Waals surface area contributed by atoms with Gasteiger partial charge < -0.3 is 5.32 Å². The smallest absolute Gasteiger partial charge is 0.224 e. The van der Waals surface area contributed by atoms with Crippen LogP contribution in [-0.2, 0) is 4.79 Å². The highest BCUT2D eigenvalue weighted by molar-refractivity contribution is 7.17. The molecule has 0 atom stereocenters. The molecule has 1 N–H and O–H groups in total. The summed E-state index contributed by atoms with van der Waals surface area (Å²) in [6.07, 6.45) is 0.461. The molecule has 0 aliphatic heterocycles. The zero-order valence-corrected chi connectivity index (χ0v) is 9.65. The number of halogens is 1. The molecule has 0 aliphatic rings. The van der Waals surface area contributed by atoms with E-state index >= 15 is 0 Å². The van der Waals surface area contributed by atoms with Crippen molar-refractivity contribution in [2.24, 2.45) is 0 Å². The SMILES string of the molecule is CCC(=O)Nc1ccc(Cl)c2ncsc12. The van der Waals surface area contributed by atoms with E-state index in [1.165, 1.54) is 11.3 Å². The number of amides is 1. The zero-order chi connectivity index (χ0) is 10.8. The van der Waals surface area contributed by atoms with Gasteiger partial charge in [-0.1, -0.05) is 18.5 Å². The molecule has 0 aliphatic carbocycles. The van der Waals surface area contributed by atoms with Gasteiger partial charge in [-0.2, -0.15) is 0 Å². The number of nitrogens with one attached hydrogen (secondary N) is 1. The minimum atomic E-state index is -0.00739. The lowest BCUT2D eigenvalue weighted by molar-refractivity contribution is -0.115. The van der Waals surface area contributed by atoms with Gasteiger partial charge in [-0.3, -0.25) is 4.79 Å². The fourth-order valence-corrected chi connectivity index (χ4v) is 2.30. The predicted molar refractivity (Wildman–Crippen MR) is 63.6 cm³/mol. The summed E-state index contributed by atoms with van der Waals surface area (Å²) < 4.78 is 0.921. The normalized spacial score (nSPS) is 10.5. The van der Waals surface area contributed by atoms with Crippen LogP contribution in [0.15, 0.2) is 17.6 Å². The van der Waals surface area contributed by atoms with Crippen molar-refractivity contribution in [3.05, 3.63) is 22.7 Å². The van der Waals surface area contributed by atoms with Gasteiger partial charge in [0.25, 0.3) is 0 Å². The zero-order valence-electron chi connectivity index (χ0n) is 8.08. The third-order valence-corrected chi connectivity index (χ3v) is 3.19. The van der Waals surface area contributed by atoms with E-state index in [-0.39, 0.29) is 5.91 Å². The van der Waals surface area contributed by atoms with Crippen LogP contribution in [0.1, 0.15) is 13.3 Å². The monoisotopic (exact) mass is 240 g/mol. The minimum absolute atomic E-state index is 0.00739. The van der Waals surface area contributed by atoms with Crippen LogP contribution in [0, 0.1) is 0 Å². The summed E-state index contributed by atoms with van der Waals surface area (Å²) >= 11 is 7.44. The highest BCUT2D eigenvalue weighted by atomic mass is 35.5. The van der Waals surface area contributed by atoms with Crippen LogP contribution < -0.4 is 5.32 Å². The van der Waals surface area contributed by atoms with Crippen molar-refractivity contribution in [2.45, 2.75) is 13.3 Å². The summed E-state index contributed by atoms with van der Waals surface area (Å²) in [6, 6.07) is 3.55. The molecule has 2 aromatic rings. The Morgan fingerprint density at radius 3 is 3.13 bits per heavy atom. The van der Waals surface area contributed by atoms with E-state index in [0.717, 1.165) is 15.9 Å². The van der Waals surface area contributed by atoms with Gasteiger partial charge in [0.2, 0.25) is 5.91 Å². The third kappa shape index (κ3) is 1.96. The summed E-state index contributed by atoms with van der Waals surface area (Å²) in [5, 5.41) is 3.43. The Morgan fingerprint density at radius 2 is 2.40 bits per heavy atom. The average molecular weight is 241 g/mol. The van der Waals surface area contributed by atoms with Crippen LogP contribution in [0.4, 0.5) is 5.69 Å². The molecule has 0 saturated heterocycles. The number of rotatable bonds is 2. The van der Waals surface area contributed by atoms with E-state index in [4.69, 9.17) is 11.6 Å². The second kappa shape index (κ2) is 4.16. The maximum Gasteiger partial charge on any atom is 0.224 e. The minimum Gasteiger partial charge on any atom is -0.325 e. The number of nitrogens with zero attached hydrogens (tertiary/aromatic N) is 1. The first-order valence-electron chi connectivity index (χ1n) is 4.54. The lowest BCUT2D eigenvalue weighted by Crippen LogP contribution is -2.09. The van der Waals surface area contributed by atoms with E-state index in [2.05, 4.69) is 10.3 Å². The maximum absolute atomic E-state index is 11.3. The molecular weight excluding hydrogens is 232 g/mol. The number of carbonyl (C=O) groups is 1. The highest BCUT2D eigenvalue weighted by Gasteiger charge is 2.08. The summed E-state index contributed by atoms with van der Waals surface area (Å²) in [7, 11) is 0. The van der Waals surface area contributed by atoms with E-state index in [1.54, 1.807) is 17.6 Å². The highest BCUT2D eigenvalue weighted by Crippen LogP contribution is 2.31. The van der Waals surface area contributed by atoms with Crippen molar-refractivity contribution < 1.29 is 4.79 Å². The molecule has 1 aromatic carbocycles. The largest absolute Gasteiger partial charge is 0.325 e. The van der Waals surface area contributed by atoms with Crippen molar-refractivity contribution in [3.8, 4) is 0 Å². The predicted octanol–water partition coefficient (Wildman–Crippen LogP) is 3.30. The van der Waals surface area contributed by atoms with Crippen LogP contribution >= 0.6 is 22.9 Å². The molecule has 78 valence electrons. The van der Waals surface area contributed by atoms with Gasteiger partial charge in [-0.05, 0) is 12.1 Å². The van der Waals surface area contributed by atoms with Gasteiger partial charge >= 0.3 is 0 Å². The van der Waals surface area contributed by atoms with Crippen molar-refractivity contribution >= 4 is 44.7 Å². The van der Waals surface area contributed by atoms with E-state index in [1.807, 2.05) is 6.92 Å². The molecule has 1 amide bonds. The number of aromatic nitrogens is 1. The number of anilines is 1. The van der Waals surface area contributed by atoms with E-state index in [0.29, 0.717) is 11.4 Å². The molecule has 3 nitrogen and oxygen atoms in total. The van der Waals surface area contributed by atoms with Crippen molar-refractivity contribution in [1.82, 2.24) is 4.98 Å². The second-order valence-corrected chi connectivity index (χ2v) is 4.29. The standard InChI is InChI=1S/C10H9ClN2OS/c1-2-8(14)13-7-4-3-6(11)9-10(7)15-5-12-9/h3-5H,2H2,1H3,(H,13,14).